The number of hydrogen-bond acceptors (Lipinski definition) is 9. The second-order valence-corrected chi connectivity index (χ2v) is 8.79. The fourth-order valence-corrected chi connectivity index (χ4v) is 4.05. The Morgan fingerprint density at radius 2 is 2.11 bits per heavy atom. The van der Waals surface area contributed by atoms with E-state index in [1.54, 1.807) is 12.1 Å². The van der Waals surface area contributed by atoms with Gasteiger partial charge in [0.25, 0.3) is 5.91 Å². The molecule has 3 aromatic rings. The Labute approximate surface area is 204 Å². The van der Waals surface area contributed by atoms with Crippen molar-refractivity contribution in [3.63, 3.8) is 0 Å². The van der Waals surface area contributed by atoms with Crippen LogP contribution in [0.3, 0.4) is 0 Å². The second kappa shape index (κ2) is 11.0. The maximum Gasteiger partial charge on any atom is 0.274 e. The van der Waals surface area contributed by atoms with Gasteiger partial charge >= 0.3 is 0 Å². The number of aromatic hydroxyl groups is 1. The molecular formula is C25H30N8O2. The van der Waals surface area contributed by atoms with Crippen molar-refractivity contribution < 1.29 is 9.90 Å². The van der Waals surface area contributed by atoms with Gasteiger partial charge in [-0.25, -0.2) is 4.98 Å². The lowest BCUT2D eigenvalue weighted by molar-refractivity contribution is 0.102. The Morgan fingerprint density at radius 3 is 2.91 bits per heavy atom. The predicted molar refractivity (Wildman–Crippen MR) is 137 cm³/mol. The highest BCUT2D eigenvalue weighted by molar-refractivity contribution is 6.09. The maximum atomic E-state index is 13.3. The van der Waals surface area contributed by atoms with Crippen molar-refractivity contribution in [1.82, 2.24) is 20.2 Å². The first-order valence-electron chi connectivity index (χ1n) is 11.6. The topological polar surface area (TPSA) is 129 Å². The molecule has 1 atom stereocenters. The number of nitriles is 1. The van der Waals surface area contributed by atoms with Crippen LogP contribution in [0.1, 0.15) is 16.9 Å². The number of carbonyl (C=O) groups is 1. The molecule has 2 aromatic carbocycles. The minimum atomic E-state index is -0.399. The maximum absolute atomic E-state index is 13.3. The van der Waals surface area contributed by atoms with Gasteiger partial charge in [0.2, 0.25) is 5.95 Å². The van der Waals surface area contributed by atoms with Gasteiger partial charge in [-0.05, 0) is 25.5 Å². The molecule has 0 unspecified atom stereocenters. The average Bonchev–Trinajstić information content (AvgIpc) is 2.84. The quantitative estimate of drug-likeness (QED) is 0.388. The SMILES string of the molecule is CN(C)CCNc1nc(C(=O)Nc2cc(O)cc3ccccc23)cc(N2CCN[C@@H](CC#N)C2)n1. The fourth-order valence-electron chi connectivity index (χ4n) is 4.05. The largest absolute Gasteiger partial charge is 0.508 e. The average molecular weight is 475 g/mol. The summed E-state index contributed by atoms with van der Waals surface area (Å²) in [4.78, 5) is 26.5. The van der Waals surface area contributed by atoms with Gasteiger partial charge < -0.3 is 30.9 Å². The van der Waals surface area contributed by atoms with E-state index in [9.17, 15) is 9.90 Å². The van der Waals surface area contributed by atoms with E-state index < -0.39 is 5.91 Å². The van der Waals surface area contributed by atoms with E-state index in [0.717, 1.165) is 23.9 Å². The number of aromatic nitrogens is 2. The van der Waals surface area contributed by atoms with E-state index in [4.69, 9.17) is 5.26 Å². The number of phenolic OH excluding ortho intramolecular Hbond substituents is 1. The van der Waals surface area contributed by atoms with Crippen molar-refractivity contribution in [1.29, 1.82) is 5.26 Å². The van der Waals surface area contributed by atoms with Crippen LogP contribution in [0, 0.1) is 11.3 Å². The van der Waals surface area contributed by atoms with Gasteiger partial charge in [-0.1, -0.05) is 24.3 Å². The molecule has 1 saturated heterocycles. The van der Waals surface area contributed by atoms with Crippen LogP contribution in [0.15, 0.2) is 42.5 Å². The molecule has 4 rings (SSSR count). The second-order valence-electron chi connectivity index (χ2n) is 8.79. The van der Waals surface area contributed by atoms with Gasteiger partial charge in [0.05, 0.1) is 18.2 Å². The van der Waals surface area contributed by atoms with Gasteiger partial charge in [0.15, 0.2) is 0 Å². The summed E-state index contributed by atoms with van der Waals surface area (Å²) in [5.41, 5.74) is 0.717. The molecule has 1 fully saturated rings. The standard InChI is InChI=1S/C25H30N8O2/c1-32(2)11-9-28-25-30-22(15-23(31-25)33-12-10-27-18(16-33)7-8-26)24(35)29-21-14-19(34)13-17-5-3-4-6-20(17)21/h3-6,13-15,18,27,34H,7,9-12,16H2,1-2H3,(H,29,35)(H,28,30,31)/t18-/m0/s1. The van der Waals surface area contributed by atoms with Crippen molar-refractivity contribution in [2.24, 2.45) is 0 Å². The van der Waals surface area contributed by atoms with E-state index in [0.29, 0.717) is 43.5 Å². The Hall–Kier alpha value is -3.94. The highest BCUT2D eigenvalue weighted by Gasteiger charge is 2.23. The van der Waals surface area contributed by atoms with Crippen LogP contribution >= 0.6 is 0 Å². The van der Waals surface area contributed by atoms with Gasteiger partial charge in [-0.15, -0.1) is 0 Å². The smallest absolute Gasteiger partial charge is 0.274 e. The summed E-state index contributed by atoms with van der Waals surface area (Å²) in [6, 6.07) is 14.6. The third kappa shape index (κ3) is 6.15. The number of amides is 1. The van der Waals surface area contributed by atoms with Gasteiger partial charge in [0.1, 0.15) is 17.3 Å². The van der Waals surface area contributed by atoms with Crippen LogP contribution in [0.25, 0.3) is 10.8 Å². The lowest BCUT2D eigenvalue weighted by atomic mass is 10.1. The summed E-state index contributed by atoms with van der Waals surface area (Å²) >= 11 is 0. The molecule has 1 aromatic heterocycles. The first-order chi connectivity index (χ1) is 16.9. The van der Waals surface area contributed by atoms with Gasteiger partial charge in [-0.3, -0.25) is 4.79 Å². The minimum Gasteiger partial charge on any atom is -0.508 e. The zero-order valence-corrected chi connectivity index (χ0v) is 20.0. The van der Waals surface area contributed by atoms with Gasteiger partial charge in [-0.2, -0.15) is 10.2 Å². The number of carbonyl (C=O) groups excluding carboxylic acids is 1. The summed E-state index contributed by atoms with van der Waals surface area (Å²) in [6.45, 7) is 3.43. The monoisotopic (exact) mass is 474 g/mol. The number of rotatable bonds is 8. The predicted octanol–water partition coefficient (Wildman–Crippen LogP) is 2.25. The molecule has 1 amide bonds. The summed E-state index contributed by atoms with van der Waals surface area (Å²) in [6.07, 6.45) is 0.396. The molecule has 0 radical (unpaired) electrons. The first kappa shape index (κ1) is 24.2. The van der Waals surface area contributed by atoms with E-state index >= 15 is 0 Å². The van der Waals surface area contributed by atoms with Crippen molar-refractivity contribution in [3.8, 4) is 11.8 Å². The Bertz CT molecular complexity index is 1240. The van der Waals surface area contributed by atoms with E-state index in [1.807, 2.05) is 43.3 Å². The molecular weight excluding hydrogens is 444 g/mol. The fraction of sp³-hybridized carbons (Fsp3) is 0.360. The number of nitrogens with one attached hydrogen (secondary N) is 3. The van der Waals surface area contributed by atoms with Crippen molar-refractivity contribution >= 4 is 34.1 Å². The highest BCUT2D eigenvalue weighted by Crippen LogP contribution is 2.29. The molecule has 0 bridgehead atoms. The molecule has 2 heterocycles. The van der Waals surface area contributed by atoms with Gasteiger partial charge in [0, 0.05) is 56.3 Å². The number of phenols is 1. The first-order valence-corrected chi connectivity index (χ1v) is 11.6. The summed E-state index contributed by atoms with van der Waals surface area (Å²) in [7, 11) is 3.96. The number of fused-ring (bicyclic) bond motifs is 1. The molecule has 4 N–H and O–H groups in total. The molecule has 0 spiro atoms. The van der Waals surface area contributed by atoms with Crippen LogP contribution in [0.4, 0.5) is 17.5 Å². The number of piperazine rings is 1. The Kier molecular flexibility index (Phi) is 7.60. The number of anilines is 3. The lowest BCUT2D eigenvalue weighted by Crippen LogP contribution is -2.51. The van der Waals surface area contributed by atoms with E-state index in [1.165, 1.54) is 6.07 Å². The van der Waals surface area contributed by atoms with Crippen LogP contribution in [0.2, 0.25) is 0 Å². The van der Waals surface area contributed by atoms with Crippen molar-refractivity contribution in [2.45, 2.75) is 12.5 Å². The summed E-state index contributed by atoms with van der Waals surface area (Å²) in [5, 5.41) is 30.3. The molecule has 10 heteroatoms. The zero-order chi connectivity index (χ0) is 24.8. The molecule has 182 valence electrons. The number of hydrogen-bond donors (Lipinski definition) is 4. The van der Waals surface area contributed by atoms with Crippen LogP contribution in [0.5, 0.6) is 5.75 Å². The third-order valence-corrected chi connectivity index (χ3v) is 5.80. The number of likely N-dealkylation sites (N-methyl/N-ethyl adjacent to an activating group) is 1. The van der Waals surface area contributed by atoms with E-state index in [2.05, 4.69) is 36.9 Å². The van der Waals surface area contributed by atoms with Crippen LogP contribution in [-0.2, 0) is 0 Å². The third-order valence-electron chi connectivity index (χ3n) is 5.80. The Morgan fingerprint density at radius 1 is 1.29 bits per heavy atom. The molecule has 1 aliphatic rings. The molecule has 0 saturated carbocycles. The lowest BCUT2D eigenvalue weighted by Gasteiger charge is -2.33. The highest BCUT2D eigenvalue weighted by atomic mass is 16.3. The zero-order valence-electron chi connectivity index (χ0n) is 20.0. The number of nitrogens with zero attached hydrogens (tertiary/aromatic N) is 5. The summed E-state index contributed by atoms with van der Waals surface area (Å²) in [5.74, 6) is 0.662. The molecule has 10 nitrogen and oxygen atoms in total. The van der Waals surface area contributed by atoms with Crippen LogP contribution < -0.4 is 20.9 Å². The molecule has 35 heavy (non-hydrogen) atoms. The van der Waals surface area contributed by atoms with E-state index in [-0.39, 0.29) is 17.5 Å². The van der Waals surface area contributed by atoms with Crippen molar-refractivity contribution in [3.05, 3.63) is 48.2 Å². The normalized spacial score (nSPS) is 15.7. The van der Waals surface area contributed by atoms with Crippen molar-refractivity contribution in [2.75, 3.05) is 62.4 Å². The van der Waals surface area contributed by atoms with Crippen LogP contribution in [-0.4, -0.2) is 78.7 Å². The summed E-state index contributed by atoms with van der Waals surface area (Å²) < 4.78 is 0. The Balaban J connectivity index is 1.63. The minimum absolute atomic E-state index is 0.0322. The number of benzene rings is 2. The molecule has 0 aliphatic carbocycles. The molecule has 1 aliphatic heterocycles.